The molecule has 0 aromatic heterocycles. The Hall–Kier alpha value is -3.35. The Morgan fingerprint density at radius 2 is 1.62 bits per heavy atom. The summed E-state index contributed by atoms with van der Waals surface area (Å²) in [5, 5.41) is 14.2. The highest BCUT2D eigenvalue weighted by Gasteiger charge is 2.22. The number of carbonyl (C=O) groups is 3. The number of methoxy groups -OCH3 is 1. The van der Waals surface area contributed by atoms with E-state index in [1.54, 1.807) is 30.3 Å². The van der Waals surface area contributed by atoms with Crippen LogP contribution in [-0.2, 0) is 9.53 Å². The Morgan fingerprint density at radius 1 is 1.00 bits per heavy atom. The smallest absolute Gasteiger partial charge is 0.411 e. The molecule has 0 aliphatic rings. The van der Waals surface area contributed by atoms with Crippen LogP contribution in [0.3, 0.4) is 0 Å². The zero-order valence-electron chi connectivity index (χ0n) is 12.9. The molecular formula is C17H16N2O5. The van der Waals surface area contributed by atoms with Crippen LogP contribution in [0.5, 0.6) is 0 Å². The van der Waals surface area contributed by atoms with E-state index >= 15 is 0 Å². The number of hydrogen-bond donors (Lipinski definition) is 3. The van der Waals surface area contributed by atoms with Crippen LogP contribution in [0.1, 0.15) is 22.0 Å². The number of anilines is 1. The van der Waals surface area contributed by atoms with Crippen LogP contribution in [0, 0.1) is 0 Å². The Bertz CT molecular complexity index is 728. The van der Waals surface area contributed by atoms with Crippen LogP contribution in [-0.4, -0.2) is 30.2 Å². The zero-order chi connectivity index (χ0) is 17.5. The number of rotatable bonds is 5. The molecule has 1 atom stereocenters. The van der Waals surface area contributed by atoms with E-state index in [0.29, 0.717) is 11.3 Å². The van der Waals surface area contributed by atoms with Gasteiger partial charge >= 0.3 is 12.1 Å². The average molecular weight is 328 g/mol. The Labute approximate surface area is 138 Å². The number of carboxylic acids is 1. The van der Waals surface area contributed by atoms with Gasteiger partial charge in [0.25, 0.3) is 5.91 Å². The number of amides is 2. The Balaban J connectivity index is 2.10. The van der Waals surface area contributed by atoms with Crippen LogP contribution in [0.2, 0.25) is 0 Å². The van der Waals surface area contributed by atoms with E-state index in [2.05, 4.69) is 15.4 Å². The van der Waals surface area contributed by atoms with E-state index in [9.17, 15) is 19.5 Å². The van der Waals surface area contributed by atoms with E-state index in [4.69, 9.17) is 0 Å². The second-order valence-corrected chi connectivity index (χ2v) is 4.85. The van der Waals surface area contributed by atoms with Gasteiger partial charge in [-0.05, 0) is 29.8 Å². The van der Waals surface area contributed by atoms with Gasteiger partial charge in [-0.3, -0.25) is 10.1 Å². The van der Waals surface area contributed by atoms with Crippen LogP contribution in [0.4, 0.5) is 10.5 Å². The third-order valence-electron chi connectivity index (χ3n) is 3.23. The van der Waals surface area contributed by atoms with Crippen LogP contribution < -0.4 is 10.6 Å². The highest BCUT2D eigenvalue weighted by atomic mass is 16.5. The summed E-state index contributed by atoms with van der Waals surface area (Å²) in [5.41, 5.74) is 1.20. The highest BCUT2D eigenvalue weighted by molar-refractivity contribution is 5.97. The minimum Gasteiger partial charge on any atom is -0.479 e. The van der Waals surface area contributed by atoms with Crippen LogP contribution >= 0.6 is 0 Å². The molecule has 2 rings (SSSR count). The van der Waals surface area contributed by atoms with Gasteiger partial charge in [0.2, 0.25) is 0 Å². The maximum absolute atomic E-state index is 12.2. The maximum atomic E-state index is 12.2. The van der Waals surface area contributed by atoms with Gasteiger partial charge in [0.1, 0.15) is 0 Å². The summed E-state index contributed by atoms with van der Waals surface area (Å²) in [6.07, 6.45) is -0.623. The molecule has 0 aliphatic heterocycles. The normalized spacial score (nSPS) is 11.2. The lowest BCUT2D eigenvalue weighted by Crippen LogP contribution is -2.33. The molecule has 0 bridgehead atoms. The van der Waals surface area contributed by atoms with Gasteiger partial charge < -0.3 is 15.2 Å². The summed E-state index contributed by atoms with van der Waals surface area (Å²) in [6.45, 7) is 0. The first-order valence-corrected chi connectivity index (χ1v) is 7.05. The summed E-state index contributed by atoms with van der Waals surface area (Å²) in [6, 6.07) is 13.3. The fourth-order valence-corrected chi connectivity index (χ4v) is 2.02. The molecule has 2 aromatic carbocycles. The van der Waals surface area contributed by atoms with Crippen molar-refractivity contribution in [1.82, 2.24) is 5.32 Å². The molecule has 0 spiro atoms. The average Bonchev–Trinajstić information content (AvgIpc) is 2.60. The number of aliphatic carboxylic acids is 1. The standard InChI is InChI=1S/C17H16N2O5/c1-24-17(23)18-13-9-7-12(8-10-13)15(20)19-14(16(21)22)11-5-3-2-4-6-11/h2-10,14H,1H3,(H,18,23)(H,19,20)(H,21,22)/t14-/m1/s1. The van der Waals surface area contributed by atoms with Crippen molar-refractivity contribution < 1.29 is 24.2 Å². The second-order valence-electron chi connectivity index (χ2n) is 4.85. The van der Waals surface area contributed by atoms with Gasteiger partial charge in [0.15, 0.2) is 6.04 Å². The van der Waals surface area contributed by atoms with E-state index in [-0.39, 0.29) is 5.56 Å². The molecule has 24 heavy (non-hydrogen) atoms. The van der Waals surface area contributed by atoms with Gasteiger partial charge in [-0.25, -0.2) is 9.59 Å². The minimum atomic E-state index is -1.15. The van der Waals surface area contributed by atoms with Crippen LogP contribution in [0.25, 0.3) is 0 Å². The van der Waals surface area contributed by atoms with Gasteiger partial charge in [-0.15, -0.1) is 0 Å². The van der Waals surface area contributed by atoms with Gasteiger partial charge in [-0.2, -0.15) is 0 Å². The second kappa shape index (κ2) is 7.77. The molecule has 3 N–H and O–H groups in total. The van der Waals surface area contributed by atoms with Gasteiger partial charge in [0.05, 0.1) is 7.11 Å². The van der Waals surface area contributed by atoms with Crippen LogP contribution in [0.15, 0.2) is 54.6 Å². The zero-order valence-corrected chi connectivity index (χ0v) is 12.9. The lowest BCUT2D eigenvalue weighted by Gasteiger charge is -2.15. The lowest BCUT2D eigenvalue weighted by atomic mass is 10.1. The largest absolute Gasteiger partial charge is 0.479 e. The third kappa shape index (κ3) is 4.33. The number of benzene rings is 2. The minimum absolute atomic E-state index is 0.271. The topological polar surface area (TPSA) is 105 Å². The maximum Gasteiger partial charge on any atom is 0.411 e. The Kier molecular flexibility index (Phi) is 5.51. The summed E-state index contributed by atoms with van der Waals surface area (Å²) in [5.74, 6) is -1.69. The first kappa shape index (κ1) is 17.0. The molecule has 0 unspecified atom stereocenters. The van der Waals surface area contributed by atoms with Crippen molar-refractivity contribution in [3.8, 4) is 0 Å². The first-order chi connectivity index (χ1) is 11.5. The molecule has 124 valence electrons. The van der Waals surface area contributed by atoms with Crippen molar-refractivity contribution >= 4 is 23.7 Å². The summed E-state index contributed by atoms with van der Waals surface area (Å²) < 4.78 is 4.47. The summed E-state index contributed by atoms with van der Waals surface area (Å²) in [7, 11) is 1.24. The third-order valence-corrected chi connectivity index (χ3v) is 3.23. The molecule has 0 radical (unpaired) electrons. The summed E-state index contributed by atoms with van der Waals surface area (Å²) >= 11 is 0. The van der Waals surface area contributed by atoms with E-state index in [0.717, 1.165) is 0 Å². The van der Waals surface area contributed by atoms with E-state index < -0.39 is 24.0 Å². The van der Waals surface area contributed by atoms with Crippen molar-refractivity contribution in [3.63, 3.8) is 0 Å². The fourth-order valence-electron chi connectivity index (χ4n) is 2.02. The fraction of sp³-hybridized carbons (Fsp3) is 0.118. The number of carbonyl (C=O) groups excluding carboxylic acids is 2. The molecule has 0 saturated heterocycles. The number of ether oxygens (including phenoxy) is 1. The molecule has 7 heteroatoms. The lowest BCUT2D eigenvalue weighted by molar-refractivity contribution is -0.139. The predicted molar refractivity (Wildman–Crippen MR) is 86.8 cm³/mol. The SMILES string of the molecule is COC(=O)Nc1ccc(C(=O)N[C@@H](C(=O)O)c2ccccc2)cc1. The molecular weight excluding hydrogens is 312 g/mol. The van der Waals surface area contributed by atoms with Crippen molar-refractivity contribution in [2.45, 2.75) is 6.04 Å². The van der Waals surface area contributed by atoms with Crippen molar-refractivity contribution in [2.24, 2.45) is 0 Å². The van der Waals surface area contributed by atoms with Crippen molar-refractivity contribution in [1.29, 1.82) is 0 Å². The molecule has 0 saturated carbocycles. The molecule has 2 aromatic rings. The molecule has 7 nitrogen and oxygen atoms in total. The molecule has 0 heterocycles. The number of hydrogen-bond acceptors (Lipinski definition) is 4. The Morgan fingerprint density at radius 3 is 2.17 bits per heavy atom. The van der Waals surface area contributed by atoms with Gasteiger partial charge in [-0.1, -0.05) is 30.3 Å². The monoisotopic (exact) mass is 328 g/mol. The molecule has 2 amide bonds. The molecule has 0 fully saturated rings. The van der Waals surface area contributed by atoms with E-state index in [1.165, 1.54) is 31.4 Å². The van der Waals surface area contributed by atoms with E-state index in [1.807, 2.05) is 0 Å². The molecule has 0 aliphatic carbocycles. The van der Waals surface area contributed by atoms with Crippen molar-refractivity contribution in [2.75, 3.05) is 12.4 Å². The number of nitrogens with one attached hydrogen (secondary N) is 2. The predicted octanol–water partition coefficient (Wildman–Crippen LogP) is 2.42. The summed E-state index contributed by atoms with van der Waals surface area (Å²) in [4.78, 5) is 34.7. The quantitative estimate of drug-likeness (QED) is 0.782. The van der Waals surface area contributed by atoms with Crippen molar-refractivity contribution in [3.05, 3.63) is 65.7 Å². The highest BCUT2D eigenvalue weighted by Crippen LogP contribution is 2.15. The number of carboxylic acid groups (broad SMARTS) is 1. The first-order valence-electron chi connectivity index (χ1n) is 7.05. The van der Waals surface area contributed by atoms with Gasteiger partial charge in [0, 0.05) is 11.3 Å².